The fourth-order valence-electron chi connectivity index (χ4n) is 2.37. The molecule has 0 spiro atoms. The summed E-state index contributed by atoms with van der Waals surface area (Å²) in [5.74, 6) is 3.63. The minimum absolute atomic E-state index is 0.151. The lowest BCUT2D eigenvalue weighted by molar-refractivity contribution is -0.0517. The van der Waals surface area contributed by atoms with Crippen LogP contribution in [0, 0.1) is 0 Å². The monoisotopic (exact) mass is 450 g/mol. The van der Waals surface area contributed by atoms with Crippen LogP contribution in [0.4, 0.5) is 13.2 Å². The van der Waals surface area contributed by atoms with Crippen LogP contribution in [0.1, 0.15) is 15.9 Å². The molecule has 1 heterocycles. The molecule has 2 aromatic rings. The third-order valence-corrected chi connectivity index (χ3v) is 8.93. The molecule has 4 nitrogen and oxygen atoms in total. The molecule has 0 N–H and O–H groups in total. The molecule has 0 bridgehead atoms. The van der Waals surface area contributed by atoms with E-state index < -0.39 is 15.6 Å². The molecular formula is C18H17F3O4S3. The molecular weight excluding hydrogens is 433 g/mol. The summed E-state index contributed by atoms with van der Waals surface area (Å²) in [5.41, 5.74) is -3.44. The number of alkyl halides is 3. The number of hydrogen-bond acceptors (Lipinski definition) is 5. The number of benzene rings is 2. The first kappa shape index (κ1) is 22.8. The van der Waals surface area contributed by atoms with Crippen molar-refractivity contribution in [2.75, 3.05) is 11.5 Å². The Morgan fingerprint density at radius 3 is 2.07 bits per heavy atom. The highest BCUT2D eigenvalue weighted by Crippen LogP contribution is 2.33. The van der Waals surface area contributed by atoms with E-state index in [1.54, 1.807) is 0 Å². The van der Waals surface area contributed by atoms with Crippen molar-refractivity contribution in [3.8, 4) is 0 Å². The fraction of sp³-hybridized carbons (Fsp3) is 0.278. The van der Waals surface area contributed by atoms with Crippen LogP contribution >= 0.6 is 11.8 Å². The van der Waals surface area contributed by atoms with Crippen molar-refractivity contribution in [1.82, 2.24) is 0 Å². The summed E-state index contributed by atoms with van der Waals surface area (Å²) in [5, 5.41) is 0. The molecule has 152 valence electrons. The van der Waals surface area contributed by atoms with Gasteiger partial charge in [0.15, 0.2) is 10.1 Å². The fourth-order valence-corrected chi connectivity index (χ4v) is 7.23. The number of hydrogen-bond donors (Lipinski definition) is 0. The van der Waals surface area contributed by atoms with Crippen molar-refractivity contribution in [2.24, 2.45) is 0 Å². The number of carbonyl (C=O) groups is 1. The van der Waals surface area contributed by atoms with Gasteiger partial charge in [-0.25, -0.2) is 8.42 Å². The van der Waals surface area contributed by atoms with Crippen LogP contribution in [0.5, 0.6) is 0 Å². The summed E-state index contributed by atoms with van der Waals surface area (Å²) in [6, 6.07) is 20.3. The summed E-state index contributed by atoms with van der Waals surface area (Å²) < 4.78 is 59.1. The lowest BCUT2D eigenvalue weighted by atomic mass is 10.1. The number of halogens is 3. The van der Waals surface area contributed by atoms with E-state index in [2.05, 4.69) is 24.3 Å². The lowest BCUT2D eigenvalue weighted by Gasteiger charge is -2.10. The van der Waals surface area contributed by atoms with Crippen LogP contribution in [-0.4, -0.2) is 40.3 Å². The molecule has 0 radical (unpaired) electrons. The van der Waals surface area contributed by atoms with Crippen molar-refractivity contribution in [3.05, 3.63) is 71.8 Å². The van der Waals surface area contributed by atoms with E-state index in [9.17, 15) is 18.0 Å². The molecule has 0 saturated carbocycles. The van der Waals surface area contributed by atoms with E-state index >= 15 is 0 Å². The molecule has 0 aromatic heterocycles. The van der Waals surface area contributed by atoms with Gasteiger partial charge in [0.1, 0.15) is 11.5 Å². The predicted molar refractivity (Wildman–Crippen MR) is 105 cm³/mol. The zero-order chi connectivity index (χ0) is 20.8. The second kappa shape index (κ2) is 9.82. The Labute approximate surface area is 168 Å². The number of rotatable bonds is 4. The molecule has 28 heavy (non-hydrogen) atoms. The van der Waals surface area contributed by atoms with Gasteiger partial charge in [-0.15, -0.1) is 0 Å². The maximum Gasteiger partial charge on any atom is 0.485 e. The maximum atomic E-state index is 12.6. The van der Waals surface area contributed by atoms with Crippen molar-refractivity contribution >= 4 is 38.6 Å². The Morgan fingerprint density at radius 2 is 1.57 bits per heavy atom. The van der Waals surface area contributed by atoms with E-state index in [1.807, 2.05) is 48.2 Å². The van der Waals surface area contributed by atoms with Crippen LogP contribution in [0.15, 0.2) is 60.7 Å². The molecule has 2 unspecified atom stereocenters. The highest BCUT2D eigenvalue weighted by atomic mass is 32.2. The normalized spacial score (nSPS) is 19.6. The van der Waals surface area contributed by atoms with Crippen molar-refractivity contribution in [1.29, 1.82) is 0 Å². The standard InChI is InChI=1S/C17H17OS2.CHF3O3S/c18-16(15-9-5-2-6-10-15)17-19-11-12-20(17)13-14-7-3-1-4-8-14;2-1(3,4)8(5,6)7/h1-10,17H,11-13H2;(H,5,6,7)/q+1;/p-1. The Morgan fingerprint density at radius 1 is 1.07 bits per heavy atom. The number of thioether (sulfide) groups is 1. The molecule has 3 rings (SSSR count). The van der Waals surface area contributed by atoms with Crippen LogP contribution in [0.3, 0.4) is 0 Å². The van der Waals surface area contributed by atoms with Gasteiger partial charge in [0, 0.05) is 27.8 Å². The van der Waals surface area contributed by atoms with Crippen LogP contribution in [-0.2, 0) is 26.8 Å². The van der Waals surface area contributed by atoms with Crippen molar-refractivity contribution < 1.29 is 30.9 Å². The van der Waals surface area contributed by atoms with Gasteiger partial charge in [0.25, 0.3) is 0 Å². The second-order valence-corrected chi connectivity index (χ2v) is 10.8. The zero-order valence-corrected chi connectivity index (χ0v) is 16.9. The first-order valence-electron chi connectivity index (χ1n) is 8.03. The van der Waals surface area contributed by atoms with Crippen LogP contribution in [0.2, 0.25) is 0 Å². The Bertz CT molecular complexity index is 872. The molecule has 1 aliphatic rings. The molecule has 2 aromatic carbocycles. The average Bonchev–Trinajstić information content (AvgIpc) is 3.09. The highest BCUT2D eigenvalue weighted by Gasteiger charge is 2.42. The molecule has 0 aliphatic carbocycles. The van der Waals surface area contributed by atoms with Gasteiger partial charge in [0.05, 0.1) is 0 Å². The van der Waals surface area contributed by atoms with Gasteiger partial charge in [-0.1, -0.05) is 72.4 Å². The Hall–Kier alpha value is -1.49. The summed E-state index contributed by atoms with van der Waals surface area (Å²) in [7, 11) is -5.92. The predicted octanol–water partition coefficient (Wildman–Crippen LogP) is 3.81. The minimum Gasteiger partial charge on any atom is -0.741 e. The Balaban J connectivity index is 0.000000300. The van der Waals surface area contributed by atoms with Gasteiger partial charge in [-0.05, 0) is 0 Å². The summed E-state index contributed by atoms with van der Waals surface area (Å²) in [6.45, 7) is 0. The third kappa shape index (κ3) is 6.54. The Kier molecular flexibility index (Phi) is 7.99. The average molecular weight is 451 g/mol. The molecule has 1 saturated heterocycles. The SMILES string of the molecule is O=C(c1ccccc1)C1SCC[S+]1Cc1ccccc1.O=S(=O)([O-])C(F)(F)F. The van der Waals surface area contributed by atoms with Gasteiger partial charge >= 0.3 is 5.51 Å². The molecule has 10 heteroatoms. The molecule has 1 fully saturated rings. The molecule has 0 amide bonds. The van der Waals surface area contributed by atoms with Gasteiger partial charge in [-0.2, -0.15) is 13.2 Å². The van der Waals surface area contributed by atoms with Crippen LogP contribution in [0.25, 0.3) is 0 Å². The minimum atomic E-state index is -6.09. The zero-order valence-electron chi connectivity index (χ0n) is 14.5. The lowest BCUT2D eigenvalue weighted by Crippen LogP contribution is -2.26. The van der Waals surface area contributed by atoms with Gasteiger partial charge < -0.3 is 4.55 Å². The van der Waals surface area contributed by atoms with Crippen LogP contribution < -0.4 is 0 Å². The van der Waals surface area contributed by atoms with E-state index in [-0.39, 0.29) is 15.5 Å². The molecule has 1 aliphatic heterocycles. The van der Waals surface area contributed by atoms with Crippen molar-refractivity contribution in [2.45, 2.75) is 15.8 Å². The summed E-state index contributed by atoms with van der Waals surface area (Å²) >= 11 is 1.84. The van der Waals surface area contributed by atoms with Gasteiger partial charge in [-0.3, -0.25) is 4.79 Å². The van der Waals surface area contributed by atoms with E-state index in [0.29, 0.717) is 5.78 Å². The van der Waals surface area contributed by atoms with E-state index in [0.717, 1.165) is 17.1 Å². The maximum absolute atomic E-state index is 12.6. The topological polar surface area (TPSA) is 74.3 Å². The number of ketones is 1. The smallest absolute Gasteiger partial charge is 0.485 e. The largest absolute Gasteiger partial charge is 0.741 e. The molecule has 2 atom stereocenters. The number of Topliss-reactive ketones (excluding diaryl/α,β-unsaturated/α-hetero) is 1. The van der Waals surface area contributed by atoms with Gasteiger partial charge in [0.2, 0.25) is 10.4 Å². The summed E-state index contributed by atoms with van der Waals surface area (Å²) in [6.07, 6.45) is 0. The van der Waals surface area contributed by atoms with Crippen molar-refractivity contribution in [3.63, 3.8) is 0 Å². The first-order chi connectivity index (χ1) is 13.1. The number of carbonyl (C=O) groups excluding carboxylic acids is 1. The van der Waals surface area contributed by atoms with E-state index in [1.165, 1.54) is 11.3 Å². The third-order valence-electron chi connectivity index (χ3n) is 3.67. The first-order valence-corrected chi connectivity index (χ1v) is 12.1. The quantitative estimate of drug-likeness (QED) is 0.307. The summed E-state index contributed by atoms with van der Waals surface area (Å²) in [4.78, 5) is 12.6. The van der Waals surface area contributed by atoms with E-state index in [4.69, 9.17) is 13.0 Å². The highest BCUT2D eigenvalue weighted by molar-refractivity contribution is 8.19. The second-order valence-electron chi connectivity index (χ2n) is 5.70.